The Morgan fingerprint density at radius 1 is 1.12 bits per heavy atom. The number of benzene rings is 2. The Balaban J connectivity index is 2.23. The summed E-state index contributed by atoms with van der Waals surface area (Å²) in [5.74, 6) is -0.195. The Bertz CT molecular complexity index is 542. The highest BCUT2D eigenvalue weighted by atomic mass is 127. The lowest BCUT2D eigenvalue weighted by molar-refractivity contribution is 0.102. The lowest BCUT2D eigenvalue weighted by Gasteiger charge is -2.06. The first-order valence-corrected chi connectivity index (χ1v) is 6.44. The van der Waals surface area contributed by atoms with E-state index in [2.05, 4.69) is 27.9 Å². The van der Waals surface area contributed by atoms with Crippen molar-refractivity contribution in [2.24, 2.45) is 0 Å². The van der Waals surface area contributed by atoms with Gasteiger partial charge >= 0.3 is 0 Å². The van der Waals surface area contributed by atoms with E-state index in [1.165, 1.54) is 0 Å². The molecule has 0 aromatic heterocycles. The number of carbonyl (C=O) groups is 1. The third-order valence-electron chi connectivity index (χ3n) is 2.20. The van der Waals surface area contributed by atoms with Crippen molar-refractivity contribution in [3.63, 3.8) is 0 Å². The smallest absolute Gasteiger partial charge is 0.257 e. The van der Waals surface area contributed by atoms with Gasteiger partial charge in [-0.15, -0.1) is 0 Å². The van der Waals surface area contributed by atoms with Gasteiger partial charge in [0.2, 0.25) is 0 Å². The molecule has 17 heavy (non-hydrogen) atoms. The van der Waals surface area contributed by atoms with Crippen LogP contribution in [0.5, 0.6) is 0 Å². The summed E-state index contributed by atoms with van der Waals surface area (Å²) in [6, 6.07) is 14.7. The minimum absolute atomic E-state index is 0.195. The molecule has 0 bridgehead atoms. The summed E-state index contributed by atoms with van der Waals surface area (Å²) in [7, 11) is 0. The van der Waals surface area contributed by atoms with Crippen LogP contribution in [-0.2, 0) is 0 Å². The van der Waals surface area contributed by atoms with E-state index in [1.807, 2.05) is 36.4 Å². The van der Waals surface area contributed by atoms with Crippen LogP contribution in [0.4, 0.5) is 5.69 Å². The fraction of sp³-hybridized carbons (Fsp3) is 0. The van der Waals surface area contributed by atoms with Crippen molar-refractivity contribution in [1.82, 2.24) is 0 Å². The number of para-hydroxylation sites is 1. The third kappa shape index (κ3) is 3.20. The first-order valence-electron chi connectivity index (χ1n) is 4.98. The summed E-state index contributed by atoms with van der Waals surface area (Å²) in [5, 5.41) is 3.26. The molecular formula is C13H9ClINO. The minimum atomic E-state index is -0.195. The van der Waals surface area contributed by atoms with E-state index < -0.39 is 0 Å². The van der Waals surface area contributed by atoms with Crippen molar-refractivity contribution >= 4 is 45.8 Å². The van der Waals surface area contributed by atoms with Gasteiger partial charge in [-0.3, -0.25) is 4.79 Å². The molecule has 0 saturated carbocycles. The molecule has 0 fully saturated rings. The molecule has 86 valence electrons. The zero-order valence-corrected chi connectivity index (χ0v) is 11.7. The number of anilines is 1. The predicted octanol–water partition coefficient (Wildman–Crippen LogP) is 4.20. The summed E-state index contributed by atoms with van der Waals surface area (Å²) in [4.78, 5) is 12.0. The fourth-order valence-electron chi connectivity index (χ4n) is 1.39. The molecule has 0 unspecified atom stereocenters. The third-order valence-corrected chi connectivity index (χ3v) is 3.21. The van der Waals surface area contributed by atoms with E-state index in [0.717, 1.165) is 9.26 Å². The van der Waals surface area contributed by atoms with Gasteiger partial charge in [-0.05, 0) is 52.9 Å². The number of rotatable bonds is 2. The van der Waals surface area contributed by atoms with Crippen LogP contribution < -0.4 is 5.32 Å². The standard InChI is InChI=1S/C13H9ClINO/c14-12-7-6-9(15)8-11(12)13(17)16-10-4-2-1-3-5-10/h1-8H,(H,16,17). The lowest BCUT2D eigenvalue weighted by atomic mass is 10.2. The predicted molar refractivity (Wildman–Crippen MR) is 78.6 cm³/mol. The van der Waals surface area contributed by atoms with Crippen LogP contribution in [0.2, 0.25) is 5.02 Å². The molecule has 0 aliphatic carbocycles. The number of hydrogen-bond donors (Lipinski definition) is 1. The van der Waals surface area contributed by atoms with Crippen molar-refractivity contribution in [1.29, 1.82) is 0 Å². The molecule has 1 N–H and O–H groups in total. The molecule has 0 saturated heterocycles. The normalized spacial score (nSPS) is 10.0. The van der Waals surface area contributed by atoms with Crippen molar-refractivity contribution < 1.29 is 4.79 Å². The monoisotopic (exact) mass is 357 g/mol. The van der Waals surface area contributed by atoms with Crippen LogP contribution in [0.25, 0.3) is 0 Å². The van der Waals surface area contributed by atoms with E-state index in [-0.39, 0.29) is 5.91 Å². The van der Waals surface area contributed by atoms with Gasteiger partial charge in [-0.1, -0.05) is 29.8 Å². The Hall–Kier alpha value is -1.07. The quantitative estimate of drug-likeness (QED) is 0.802. The molecular weight excluding hydrogens is 349 g/mol. The molecule has 0 heterocycles. The Labute approximate surface area is 118 Å². The SMILES string of the molecule is O=C(Nc1ccccc1)c1cc(I)ccc1Cl. The van der Waals surface area contributed by atoms with Crippen LogP contribution in [0.3, 0.4) is 0 Å². The molecule has 0 aliphatic rings. The summed E-state index contributed by atoms with van der Waals surface area (Å²) in [6.45, 7) is 0. The van der Waals surface area contributed by atoms with Gasteiger partial charge in [0, 0.05) is 9.26 Å². The van der Waals surface area contributed by atoms with Gasteiger partial charge in [0.25, 0.3) is 5.91 Å². The van der Waals surface area contributed by atoms with Crippen LogP contribution >= 0.6 is 34.2 Å². The number of hydrogen-bond acceptors (Lipinski definition) is 1. The zero-order valence-electron chi connectivity index (χ0n) is 8.78. The average Bonchev–Trinajstić information content (AvgIpc) is 2.33. The summed E-state index contributed by atoms with van der Waals surface area (Å²) < 4.78 is 0.977. The topological polar surface area (TPSA) is 29.1 Å². The maximum Gasteiger partial charge on any atom is 0.257 e. The summed E-state index contributed by atoms with van der Waals surface area (Å²) in [6.07, 6.45) is 0. The van der Waals surface area contributed by atoms with Crippen LogP contribution in [0.15, 0.2) is 48.5 Å². The molecule has 0 spiro atoms. The largest absolute Gasteiger partial charge is 0.322 e. The fourth-order valence-corrected chi connectivity index (χ4v) is 2.09. The summed E-state index contributed by atoms with van der Waals surface area (Å²) in [5.41, 5.74) is 1.25. The van der Waals surface area contributed by atoms with E-state index >= 15 is 0 Å². The minimum Gasteiger partial charge on any atom is -0.322 e. The molecule has 2 aromatic rings. The van der Waals surface area contributed by atoms with Crippen molar-refractivity contribution in [3.8, 4) is 0 Å². The van der Waals surface area contributed by atoms with E-state index in [1.54, 1.807) is 12.1 Å². The van der Waals surface area contributed by atoms with Gasteiger partial charge in [-0.2, -0.15) is 0 Å². The number of nitrogens with one attached hydrogen (secondary N) is 1. The second-order valence-corrected chi connectivity index (χ2v) is 5.10. The molecule has 1 amide bonds. The van der Waals surface area contributed by atoms with Gasteiger partial charge in [-0.25, -0.2) is 0 Å². The maximum atomic E-state index is 12.0. The highest BCUT2D eigenvalue weighted by Crippen LogP contribution is 2.20. The van der Waals surface area contributed by atoms with Crippen molar-refractivity contribution in [2.45, 2.75) is 0 Å². The number of amides is 1. The average molecular weight is 358 g/mol. The molecule has 2 aromatic carbocycles. The highest BCUT2D eigenvalue weighted by Gasteiger charge is 2.10. The van der Waals surface area contributed by atoms with Crippen molar-refractivity contribution in [2.75, 3.05) is 5.32 Å². The van der Waals surface area contributed by atoms with Crippen LogP contribution in [0.1, 0.15) is 10.4 Å². The number of halogens is 2. The molecule has 0 atom stereocenters. The number of carbonyl (C=O) groups excluding carboxylic acids is 1. The van der Waals surface area contributed by atoms with Gasteiger partial charge in [0.1, 0.15) is 0 Å². The van der Waals surface area contributed by atoms with Crippen molar-refractivity contribution in [3.05, 3.63) is 62.7 Å². The van der Waals surface area contributed by atoms with E-state index in [4.69, 9.17) is 11.6 Å². The second-order valence-electron chi connectivity index (χ2n) is 3.44. The molecule has 4 heteroatoms. The Kier molecular flexibility index (Phi) is 4.02. The highest BCUT2D eigenvalue weighted by molar-refractivity contribution is 14.1. The molecule has 0 radical (unpaired) electrons. The first kappa shape index (κ1) is 12.4. The van der Waals surface area contributed by atoms with Gasteiger partial charge in [0.05, 0.1) is 10.6 Å². The van der Waals surface area contributed by atoms with Crippen LogP contribution in [0, 0.1) is 3.57 Å². The van der Waals surface area contributed by atoms with Gasteiger partial charge in [0.15, 0.2) is 0 Å². The van der Waals surface area contributed by atoms with Gasteiger partial charge < -0.3 is 5.32 Å². The summed E-state index contributed by atoms with van der Waals surface area (Å²) >= 11 is 8.14. The Morgan fingerprint density at radius 2 is 1.82 bits per heavy atom. The van der Waals surface area contributed by atoms with E-state index in [0.29, 0.717) is 10.6 Å². The first-order chi connectivity index (χ1) is 8.16. The van der Waals surface area contributed by atoms with E-state index in [9.17, 15) is 4.79 Å². The molecule has 2 rings (SSSR count). The maximum absolute atomic E-state index is 12.0. The zero-order chi connectivity index (χ0) is 12.3. The van der Waals surface area contributed by atoms with Crippen LogP contribution in [-0.4, -0.2) is 5.91 Å². The molecule has 2 nitrogen and oxygen atoms in total. The lowest BCUT2D eigenvalue weighted by Crippen LogP contribution is -2.12. The molecule has 0 aliphatic heterocycles. The second kappa shape index (κ2) is 5.51. The Morgan fingerprint density at radius 3 is 2.53 bits per heavy atom.